The fourth-order valence-electron chi connectivity index (χ4n) is 4.08. The van der Waals surface area contributed by atoms with Gasteiger partial charge in [-0.1, -0.05) is 30.3 Å². The number of carboxylic acid groups (broad SMARTS) is 2. The first-order chi connectivity index (χ1) is 23.1. The van der Waals surface area contributed by atoms with Gasteiger partial charge in [0.15, 0.2) is 0 Å². The first-order valence-corrected chi connectivity index (χ1v) is 14.0. The van der Waals surface area contributed by atoms with Crippen molar-refractivity contribution in [1.82, 2.24) is 9.97 Å². The lowest BCUT2D eigenvalue weighted by Gasteiger charge is -2.25. The van der Waals surface area contributed by atoms with Gasteiger partial charge in [-0.3, -0.25) is 0 Å². The molecule has 260 valence electrons. The number of aliphatic carboxylic acids is 2. The van der Waals surface area contributed by atoms with Gasteiger partial charge in [-0.2, -0.15) is 26.3 Å². The normalized spacial score (nSPS) is 11.1. The second kappa shape index (κ2) is 16.7. The van der Waals surface area contributed by atoms with Crippen molar-refractivity contribution in [2.45, 2.75) is 12.4 Å². The second-order valence-electron chi connectivity index (χ2n) is 9.74. The van der Waals surface area contributed by atoms with Crippen LogP contribution in [-0.2, 0) is 9.59 Å². The molecule has 0 fully saturated rings. The maximum Gasteiger partial charge on any atom is 0.490 e. The van der Waals surface area contributed by atoms with Crippen LogP contribution >= 0.6 is 0 Å². The zero-order valence-electron chi connectivity index (χ0n) is 25.3. The summed E-state index contributed by atoms with van der Waals surface area (Å²) in [6.45, 7) is 2.41. The number of hydrogen-bond donors (Lipinski definition) is 4. The van der Waals surface area contributed by atoms with E-state index in [0.717, 1.165) is 39.0 Å². The van der Waals surface area contributed by atoms with E-state index < -0.39 is 24.3 Å². The van der Waals surface area contributed by atoms with Crippen LogP contribution in [0, 0.1) is 0 Å². The van der Waals surface area contributed by atoms with Gasteiger partial charge >= 0.3 is 24.3 Å². The SMILES string of the molecule is Nc1ccc2c(OCCN(CCOc3cccc4nc(N)ccc34)c3ccccc3)cccc2n1.O=C(O)C(F)(F)F.O=C(O)C(F)(F)F. The van der Waals surface area contributed by atoms with Crippen LogP contribution in [0.15, 0.2) is 91.0 Å². The zero-order valence-corrected chi connectivity index (χ0v) is 25.3. The van der Waals surface area contributed by atoms with Crippen molar-refractivity contribution in [1.29, 1.82) is 0 Å². The fourth-order valence-corrected chi connectivity index (χ4v) is 4.08. The summed E-state index contributed by atoms with van der Waals surface area (Å²) < 4.78 is 75.8. The molecule has 0 bridgehead atoms. The summed E-state index contributed by atoms with van der Waals surface area (Å²) in [5, 5.41) is 16.1. The number of para-hydroxylation sites is 1. The topological polar surface area (TPSA) is 174 Å². The van der Waals surface area contributed by atoms with Crippen molar-refractivity contribution >= 4 is 51.1 Å². The number of rotatable bonds is 9. The number of anilines is 3. The molecule has 0 saturated heterocycles. The molecule has 2 aromatic heterocycles. The molecular weight excluding hydrogens is 664 g/mol. The Bertz CT molecular complexity index is 1740. The molecule has 5 aromatic rings. The van der Waals surface area contributed by atoms with Crippen molar-refractivity contribution in [3.8, 4) is 11.5 Å². The first-order valence-electron chi connectivity index (χ1n) is 14.0. The molecule has 0 saturated carbocycles. The number of benzene rings is 3. The lowest BCUT2D eigenvalue weighted by atomic mass is 10.2. The van der Waals surface area contributed by atoms with Crippen LogP contribution in [0.25, 0.3) is 21.8 Å². The number of aromatic nitrogens is 2. The van der Waals surface area contributed by atoms with Crippen LogP contribution in [-0.4, -0.2) is 70.8 Å². The van der Waals surface area contributed by atoms with Crippen molar-refractivity contribution in [3.05, 3.63) is 91.0 Å². The number of nitrogens with zero attached hydrogens (tertiary/aromatic N) is 3. The van der Waals surface area contributed by atoms with Crippen LogP contribution in [0.2, 0.25) is 0 Å². The predicted octanol–water partition coefficient (Wildman–Crippen LogP) is 6.18. The molecule has 6 N–H and O–H groups in total. The molecule has 0 amide bonds. The number of nitrogen functional groups attached to an aromatic ring is 2. The molecule has 0 aliphatic rings. The van der Waals surface area contributed by atoms with E-state index in [0.29, 0.717) is 37.9 Å². The Morgan fingerprint density at radius 3 is 1.37 bits per heavy atom. The van der Waals surface area contributed by atoms with Gasteiger partial charge in [0.2, 0.25) is 0 Å². The average Bonchev–Trinajstić information content (AvgIpc) is 3.04. The Balaban J connectivity index is 0.000000392. The van der Waals surface area contributed by atoms with Gasteiger partial charge in [-0.25, -0.2) is 19.6 Å². The molecule has 3 aromatic carbocycles. The number of fused-ring (bicyclic) bond motifs is 2. The number of halogens is 6. The highest BCUT2D eigenvalue weighted by Crippen LogP contribution is 2.27. The van der Waals surface area contributed by atoms with Gasteiger partial charge in [0.1, 0.15) is 36.3 Å². The average molecular weight is 694 g/mol. The Hall–Kier alpha value is -6.00. The minimum absolute atomic E-state index is 0.496. The minimum Gasteiger partial charge on any atom is -0.491 e. The van der Waals surface area contributed by atoms with Gasteiger partial charge in [0, 0.05) is 16.5 Å². The summed E-state index contributed by atoms with van der Waals surface area (Å²) in [6.07, 6.45) is -10.2. The molecule has 0 radical (unpaired) electrons. The number of ether oxygens (including phenoxy) is 2. The molecule has 17 heteroatoms. The standard InChI is InChI=1S/C28H27N5O2.2C2HF3O2/c29-27-14-12-21-23(31-27)8-4-10-25(21)34-18-16-33(20-6-2-1-3-7-20)17-19-35-26-11-5-9-24-22(26)13-15-28(30)32-24;2*3-2(4,5)1(6)7/h1-15H,16-19H2,(H2,29,31)(H2,30,32);2*(H,6,7). The molecule has 2 heterocycles. The quantitative estimate of drug-likeness (QED) is 0.130. The van der Waals surface area contributed by atoms with Crippen LogP contribution in [0.1, 0.15) is 0 Å². The van der Waals surface area contributed by atoms with Gasteiger partial charge in [0.25, 0.3) is 0 Å². The Morgan fingerprint density at radius 2 is 1.00 bits per heavy atom. The summed E-state index contributed by atoms with van der Waals surface area (Å²) in [5.74, 6) is -2.94. The van der Waals surface area contributed by atoms with Gasteiger partial charge in [-0.05, 0) is 60.7 Å². The maximum atomic E-state index is 10.6. The van der Waals surface area contributed by atoms with Crippen molar-refractivity contribution < 1.29 is 55.6 Å². The van der Waals surface area contributed by atoms with Gasteiger partial charge < -0.3 is 36.1 Å². The molecule has 0 unspecified atom stereocenters. The lowest BCUT2D eigenvalue weighted by Crippen LogP contribution is -2.32. The predicted molar refractivity (Wildman–Crippen MR) is 169 cm³/mol. The smallest absolute Gasteiger partial charge is 0.490 e. The summed E-state index contributed by atoms with van der Waals surface area (Å²) in [4.78, 5) is 28.8. The first kappa shape index (κ1) is 37.5. The van der Waals surface area contributed by atoms with Crippen molar-refractivity contribution in [2.24, 2.45) is 0 Å². The lowest BCUT2D eigenvalue weighted by molar-refractivity contribution is -0.193. The molecule has 11 nitrogen and oxygen atoms in total. The summed E-state index contributed by atoms with van der Waals surface area (Å²) in [6, 6.07) is 29.4. The number of hydrogen-bond acceptors (Lipinski definition) is 9. The van der Waals surface area contributed by atoms with Crippen LogP contribution in [0.4, 0.5) is 43.7 Å². The number of alkyl halides is 6. The largest absolute Gasteiger partial charge is 0.491 e. The van der Waals surface area contributed by atoms with E-state index in [2.05, 4.69) is 27.0 Å². The molecule has 0 aliphatic heterocycles. The highest BCUT2D eigenvalue weighted by atomic mass is 19.4. The summed E-state index contributed by atoms with van der Waals surface area (Å²) in [7, 11) is 0. The number of nitrogens with two attached hydrogens (primary N) is 2. The highest BCUT2D eigenvalue weighted by molar-refractivity contribution is 5.87. The summed E-state index contributed by atoms with van der Waals surface area (Å²) >= 11 is 0. The van der Waals surface area contributed by atoms with Crippen molar-refractivity contribution in [3.63, 3.8) is 0 Å². The maximum absolute atomic E-state index is 10.6. The van der Waals surface area contributed by atoms with E-state index in [1.54, 1.807) is 12.1 Å². The third-order valence-corrected chi connectivity index (χ3v) is 6.27. The van der Waals surface area contributed by atoms with Gasteiger partial charge in [-0.15, -0.1) is 0 Å². The van der Waals surface area contributed by atoms with E-state index >= 15 is 0 Å². The van der Waals surface area contributed by atoms with E-state index in [4.69, 9.17) is 40.7 Å². The molecule has 5 rings (SSSR count). The van der Waals surface area contributed by atoms with Crippen LogP contribution in [0.3, 0.4) is 0 Å². The number of carboxylic acids is 2. The third-order valence-electron chi connectivity index (χ3n) is 6.27. The summed E-state index contributed by atoms with van der Waals surface area (Å²) in [5.41, 5.74) is 14.4. The highest BCUT2D eigenvalue weighted by Gasteiger charge is 2.38. The fraction of sp³-hybridized carbons (Fsp3) is 0.188. The Kier molecular flexibility index (Phi) is 12.8. The molecule has 0 aliphatic carbocycles. The van der Waals surface area contributed by atoms with Gasteiger partial charge in [0.05, 0.1) is 24.1 Å². The minimum atomic E-state index is -5.08. The monoisotopic (exact) mass is 693 g/mol. The third kappa shape index (κ3) is 11.6. The molecular formula is C32H29F6N5O6. The van der Waals surface area contributed by atoms with Crippen LogP contribution in [0.5, 0.6) is 11.5 Å². The Labute approximate surface area is 274 Å². The van der Waals surface area contributed by atoms with E-state index in [1.807, 2.05) is 66.7 Å². The van der Waals surface area contributed by atoms with E-state index in [9.17, 15) is 26.3 Å². The zero-order chi connectivity index (χ0) is 36.2. The van der Waals surface area contributed by atoms with E-state index in [-0.39, 0.29) is 0 Å². The molecule has 49 heavy (non-hydrogen) atoms. The number of carbonyl (C=O) groups is 2. The van der Waals surface area contributed by atoms with Crippen LogP contribution < -0.4 is 25.8 Å². The number of pyridine rings is 2. The van der Waals surface area contributed by atoms with Crippen molar-refractivity contribution in [2.75, 3.05) is 42.7 Å². The Morgan fingerprint density at radius 1 is 0.612 bits per heavy atom. The molecule has 0 spiro atoms. The second-order valence-corrected chi connectivity index (χ2v) is 9.74. The van der Waals surface area contributed by atoms with E-state index in [1.165, 1.54) is 0 Å². The molecule has 0 atom stereocenters.